The largest absolute Gasteiger partial charge is 0.455 e. The van der Waals surface area contributed by atoms with Crippen molar-refractivity contribution in [2.24, 2.45) is 0 Å². The van der Waals surface area contributed by atoms with Gasteiger partial charge in [-0.25, -0.2) is 0 Å². The number of thiophene rings is 1. The van der Waals surface area contributed by atoms with E-state index in [1.54, 1.807) is 0 Å². The Kier molecular flexibility index (Phi) is 5.37. The average Bonchev–Trinajstić information content (AvgIpc) is 3.74. The topological polar surface area (TPSA) is 16.4 Å². The third kappa shape index (κ3) is 3.47. The van der Waals surface area contributed by atoms with Gasteiger partial charge in [-0.15, -0.1) is 11.3 Å². The quantitative estimate of drug-likeness (QED) is 0.198. The summed E-state index contributed by atoms with van der Waals surface area (Å²) < 4.78 is 9.55. The first-order valence-electron chi connectivity index (χ1n) is 16.1. The highest BCUT2D eigenvalue weighted by atomic mass is 32.1. The van der Waals surface area contributed by atoms with Crippen LogP contribution in [0.1, 0.15) is 31.4 Å². The molecule has 46 heavy (non-hydrogen) atoms. The SMILES string of the molecule is CC1(C)c2ccccc2-c2c1c1ccccc1c1c2oc2ccc(N(c3cccc4sc5ccccc5c34)C3C=CC=CC3)cc21. The molecule has 0 aliphatic heterocycles. The lowest BCUT2D eigenvalue weighted by atomic mass is 9.79. The minimum absolute atomic E-state index is 0.122. The van der Waals surface area contributed by atoms with E-state index in [9.17, 15) is 0 Å². The Labute approximate surface area is 271 Å². The molecule has 0 saturated heterocycles. The zero-order chi connectivity index (χ0) is 30.6. The first-order valence-corrected chi connectivity index (χ1v) is 17.0. The molecule has 0 fully saturated rings. The number of fused-ring (bicyclic) bond motifs is 13. The van der Waals surface area contributed by atoms with Gasteiger partial charge in [-0.3, -0.25) is 0 Å². The van der Waals surface area contributed by atoms with Crippen LogP contribution in [-0.2, 0) is 5.41 Å². The van der Waals surface area contributed by atoms with E-state index >= 15 is 0 Å². The number of rotatable bonds is 3. The molecule has 2 aromatic heterocycles. The first kappa shape index (κ1) is 26.1. The average molecular weight is 610 g/mol. The molecule has 2 nitrogen and oxygen atoms in total. The number of allylic oxidation sites excluding steroid dienone is 2. The molecule has 6 aromatic carbocycles. The van der Waals surface area contributed by atoms with E-state index < -0.39 is 0 Å². The van der Waals surface area contributed by atoms with Gasteiger partial charge in [0.15, 0.2) is 0 Å². The number of anilines is 2. The van der Waals surface area contributed by atoms with E-state index in [4.69, 9.17) is 4.42 Å². The summed E-state index contributed by atoms with van der Waals surface area (Å²) in [4.78, 5) is 2.55. The summed E-state index contributed by atoms with van der Waals surface area (Å²) in [5.41, 5.74) is 9.49. The summed E-state index contributed by atoms with van der Waals surface area (Å²) in [6.07, 6.45) is 9.92. The van der Waals surface area contributed by atoms with Crippen LogP contribution in [0.4, 0.5) is 11.4 Å². The maximum Gasteiger partial charge on any atom is 0.144 e. The van der Waals surface area contributed by atoms with Gasteiger partial charge >= 0.3 is 0 Å². The van der Waals surface area contributed by atoms with Crippen LogP contribution in [0.2, 0.25) is 0 Å². The fraction of sp³-hybridized carbons (Fsp3) is 0.116. The minimum atomic E-state index is -0.122. The van der Waals surface area contributed by atoms with Gasteiger partial charge in [0, 0.05) is 47.6 Å². The Balaban J connectivity index is 1.29. The minimum Gasteiger partial charge on any atom is -0.455 e. The van der Waals surface area contributed by atoms with Gasteiger partial charge < -0.3 is 9.32 Å². The Bertz CT molecular complexity index is 2610. The fourth-order valence-corrected chi connectivity index (χ4v) is 9.48. The molecule has 2 aliphatic carbocycles. The molecule has 0 N–H and O–H groups in total. The lowest BCUT2D eigenvalue weighted by molar-refractivity contribution is 0.657. The summed E-state index contributed by atoms with van der Waals surface area (Å²) in [5, 5.41) is 7.58. The normalized spacial score (nSPS) is 16.6. The molecule has 0 bridgehead atoms. The third-order valence-corrected chi connectivity index (χ3v) is 11.5. The van der Waals surface area contributed by atoms with Gasteiger partial charge in [0.05, 0.1) is 11.7 Å². The van der Waals surface area contributed by atoms with Gasteiger partial charge in [-0.1, -0.05) is 111 Å². The van der Waals surface area contributed by atoms with E-state index in [0.717, 1.165) is 23.0 Å². The standard InChI is InChI=1S/C43H31NOS/c1-43(2)33-19-10-8-17-30(33)40-41(43)29-16-7-6-15-28(29)38-32-25-27(23-24-35(32)45-42(38)40)44(26-13-4-3-5-14-26)34-20-12-22-37-39(34)31-18-9-11-21-36(31)46-37/h3-13,15-26H,14H2,1-2H3. The van der Waals surface area contributed by atoms with Crippen molar-refractivity contribution in [3.05, 3.63) is 145 Å². The number of nitrogens with zero attached hydrogens (tertiary/aromatic N) is 1. The fourth-order valence-electron chi connectivity index (χ4n) is 8.36. The van der Waals surface area contributed by atoms with Crippen LogP contribution in [-0.4, -0.2) is 6.04 Å². The number of benzene rings is 6. The Morgan fingerprint density at radius 3 is 2.37 bits per heavy atom. The molecule has 0 radical (unpaired) electrons. The smallest absolute Gasteiger partial charge is 0.144 e. The predicted molar refractivity (Wildman–Crippen MR) is 197 cm³/mol. The van der Waals surface area contributed by atoms with E-state index in [0.29, 0.717) is 0 Å². The van der Waals surface area contributed by atoms with Gasteiger partial charge in [0.1, 0.15) is 11.2 Å². The number of hydrogen-bond acceptors (Lipinski definition) is 3. The molecule has 1 unspecified atom stereocenters. The highest BCUT2D eigenvalue weighted by molar-refractivity contribution is 7.26. The molecule has 2 heterocycles. The van der Waals surface area contributed by atoms with Crippen LogP contribution in [0, 0.1) is 0 Å². The third-order valence-electron chi connectivity index (χ3n) is 10.3. The Morgan fingerprint density at radius 2 is 1.50 bits per heavy atom. The second kappa shape index (κ2) is 9.45. The van der Waals surface area contributed by atoms with Crippen molar-refractivity contribution in [1.29, 1.82) is 0 Å². The van der Waals surface area contributed by atoms with Crippen LogP contribution >= 0.6 is 11.3 Å². The van der Waals surface area contributed by atoms with E-state index in [1.807, 2.05) is 11.3 Å². The lowest BCUT2D eigenvalue weighted by Gasteiger charge is -2.33. The molecule has 8 aromatic rings. The van der Waals surface area contributed by atoms with E-state index in [1.165, 1.54) is 70.0 Å². The molecule has 0 amide bonds. The van der Waals surface area contributed by atoms with Crippen LogP contribution in [0.15, 0.2) is 138 Å². The molecular formula is C43H31NOS. The summed E-state index contributed by atoms with van der Waals surface area (Å²) in [7, 11) is 0. The lowest BCUT2D eigenvalue weighted by Crippen LogP contribution is -2.29. The van der Waals surface area contributed by atoms with Crippen LogP contribution < -0.4 is 4.90 Å². The van der Waals surface area contributed by atoms with Gasteiger partial charge in [0.2, 0.25) is 0 Å². The summed E-state index contributed by atoms with van der Waals surface area (Å²) in [6, 6.07) is 40.4. The maximum absolute atomic E-state index is 6.91. The maximum atomic E-state index is 6.91. The second-order valence-electron chi connectivity index (χ2n) is 13.2. The number of hydrogen-bond donors (Lipinski definition) is 0. The molecular weight excluding hydrogens is 579 g/mol. The molecule has 1 atom stereocenters. The monoisotopic (exact) mass is 609 g/mol. The van der Waals surface area contributed by atoms with Gasteiger partial charge in [-0.2, -0.15) is 0 Å². The molecule has 10 rings (SSSR count). The Morgan fingerprint density at radius 1 is 0.717 bits per heavy atom. The number of furan rings is 1. The highest BCUT2D eigenvalue weighted by Gasteiger charge is 2.39. The highest BCUT2D eigenvalue weighted by Crippen LogP contribution is 2.56. The van der Waals surface area contributed by atoms with E-state index in [2.05, 4.69) is 152 Å². The van der Waals surface area contributed by atoms with Crippen LogP contribution in [0.25, 0.3) is 64.0 Å². The van der Waals surface area contributed by atoms with Crippen molar-refractivity contribution in [3.63, 3.8) is 0 Å². The van der Waals surface area contributed by atoms with Crippen molar-refractivity contribution in [2.45, 2.75) is 31.7 Å². The molecule has 3 heteroatoms. The van der Waals surface area contributed by atoms with Crippen molar-refractivity contribution in [1.82, 2.24) is 0 Å². The summed E-state index contributed by atoms with van der Waals surface area (Å²) in [6.45, 7) is 4.71. The molecule has 0 saturated carbocycles. The van der Waals surface area contributed by atoms with Crippen molar-refractivity contribution in [3.8, 4) is 11.1 Å². The second-order valence-corrected chi connectivity index (χ2v) is 14.3. The van der Waals surface area contributed by atoms with Crippen molar-refractivity contribution >= 4 is 75.6 Å². The summed E-state index contributed by atoms with van der Waals surface area (Å²) in [5.74, 6) is 0. The molecule has 2 aliphatic rings. The van der Waals surface area contributed by atoms with Crippen molar-refractivity contribution in [2.75, 3.05) is 4.90 Å². The molecule has 220 valence electrons. The van der Waals surface area contributed by atoms with Crippen LogP contribution in [0.5, 0.6) is 0 Å². The Hall–Kier alpha value is -5.12. The predicted octanol–water partition coefficient (Wildman–Crippen LogP) is 12.4. The summed E-state index contributed by atoms with van der Waals surface area (Å²) >= 11 is 1.87. The van der Waals surface area contributed by atoms with Crippen molar-refractivity contribution < 1.29 is 4.42 Å². The van der Waals surface area contributed by atoms with E-state index in [-0.39, 0.29) is 11.5 Å². The zero-order valence-corrected chi connectivity index (χ0v) is 26.6. The van der Waals surface area contributed by atoms with Gasteiger partial charge in [0.25, 0.3) is 0 Å². The van der Waals surface area contributed by atoms with Gasteiger partial charge in [-0.05, 0) is 70.3 Å². The van der Waals surface area contributed by atoms with Crippen LogP contribution in [0.3, 0.4) is 0 Å². The zero-order valence-electron chi connectivity index (χ0n) is 25.7. The first-order chi connectivity index (χ1) is 22.6. The molecule has 0 spiro atoms.